The minimum atomic E-state index is -3.69. The molecule has 1 saturated carbocycles. The van der Waals surface area contributed by atoms with Crippen LogP contribution in [0.3, 0.4) is 0 Å². The van der Waals surface area contributed by atoms with Crippen LogP contribution in [0.1, 0.15) is 31.2 Å². The van der Waals surface area contributed by atoms with Crippen molar-refractivity contribution in [3.63, 3.8) is 0 Å². The standard InChI is InChI=1S/C18H27N3O4S2/c1-20-8-10-21(11-9-20)27(24,25)16-7-6-15-12-17(14-4-2-3-5-14)19-26(22,23)18(15)13-16/h6-7,13-14,17,19H,2-5,8-12H2,1H3. The van der Waals surface area contributed by atoms with E-state index in [1.807, 2.05) is 7.05 Å². The van der Waals surface area contributed by atoms with Crippen LogP contribution in [0.15, 0.2) is 28.0 Å². The first-order valence-electron chi connectivity index (χ1n) is 9.61. The number of likely N-dealkylation sites (N-methyl/N-ethyl adjacent to an activating group) is 1. The van der Waals surface area contributed by atoms with Crippen molar-refractivity contribution in [2.45, 2.75) is 47.9 Å². The Hall–Kier alpha value is -1.00. The Labute approximate surface area is 161 Å². The van der Waals surface area contributed by atoms with Gasteiger partial charge in [-0.15, -0.1) is 0 Å². The van der Waals surface area contributed by atoms with Crippen molar-refractivity contribution in [3.05, 3.63) is 23.8 Å². The maximum Gasteiger partial charge on any atom is 0.243 e. The second-order valence-electron chi connectivity index (χ2n) is 7.95. The van der Waals surface area contributed by atoms with E-state index < -0.39 is 20.0 Å². The zero-order valence-corrected chi connectivity index (χ0v) is 17.2. The molecule has 1 saturated heterocycles. The Bertz CT molecular complexity index is 916. The molecule has 3 aliphatic rings. The highest BCUT2D eigenvalue weighted by molar-refractivity contribution is 7.90. The lowest BCUT2D eigenvalue weighted by Gasteiger charge is -2.32. The number of nitrogens with one attached hydrogen (secondary N) is 1. The fourth-order valence-corrected chi connectivity index (χ4v) is 7.56. The van der Waals surface area contributed by atoms with Crippen LogP contribution in [0.5, 0.6) is 0 Å². The molecule has 2 heterocycles. The van der Waals surface area contributed by atoms with Gasteiger partial charge in [0.2, 0.25) is 20.0 Å². The van der Waals surface area contributed by atoms with E-state index in [0.717, 1.165) is 31.2 Å². The molecule has 0 spiro atoms. The number of piperazine rings is 1. The molecule has 1 aliphatic carbocycles. The van der Waals surface area contributed by atoms with Crippen molar-refractivity contribution in [2.24, 2.45) is 5.92 Å². The van der Waals surface area contributed by atoms with Crippen LogP contribution in [0.4, 0.5) is 0 Å². The molecule has 0 bridgehead atoms. The molecule has 2 aliphatic heterocycles. The lowest BCUT2D eigenvalue weighted by atomic mass is 9.93. The summed E-state index contributed by atoms with van der Waals surface area (Å²) >= 11 is 0. The van der Waals surface area contributed by atoms with Crippen LogP contribution in [-0.4, -0.2) is 65.3 Å². The Morgan fingerprint density at radius 3 is 2.41 bits per heavy atom. The van der Waals surface area contributed by atoms with E-state index in [1.165, 1.54) is 10.4 Å². The van der Waals surface area contributed by atoms with Gasteiger partial charge in [0.15, 0.2) is 0 Å². The molecule has 1 aromatic carbocycles. The van der Waals surface area contributed by atoms with Gasteiger partial charge in [0, 0.05) is 32.2 Å². The Morgan fingerprint density at radius 1 is 1.07 bits per heavy atom. The Balaban J connectivity index is 1.64. The second kappa shape index (κ2) is 7.11. The average Bonchev–Trinajstić information content (AvgIpc) is 3.16. The van der Waals surface area contributed by atoms with E-state index >= 15 is 0 Å². The van der Waals surface area contributed by atoms with E-state index in [0.29, 0.717) is 38.5 Å². The van der Waals surface area contributed by atoms with Crippen molar-refractivity contribution in [1.82, 2.24) is 13.9 Å². The number of sulfonamides is 2. The van der Waals surface area contributed by atoms with Crippen LogP contribution in [-0.2, 0) is 26.5 Å². The summed E-state index contributed by atoms with van der Waals surface area (Å²) in [6, 6.07) is 4.53. The number of nitrogens with zero attached hydrogens (tertiary/aromatic N) is 2. The lowest BCUT2D eigenvalue weighted by Crippen LogP contribution is -2.47. The smallest absolute Gasteiger partial charge is 0.243 e. The van der Waals surface area contributed by atoms with Gasteiger partial charge in [-0.2, -0.15) is 4.31 Å². The van der Waals surface area contributed by atoms with E-state index in [1.54, 1.807) is 12.1 Å². The second-order valence-corrected chi connectivity index (χ2v) is 11.6. The third kappa shape index (κ3) is 3.67. The molecule has 1 N–H and O–H groups in total. The molecule has 0 radical (unpaired) electrons. The zero-order chi connectivity index (χ0) is 19.2. The molecule has 1 aromatic rings. The summed E-state index contributed by atoms with van der Waals surface area (Å²) in [5, 5.41) is 0. The van der Waals surface area contributed by atoms with Crippen molar-refractivity contribution in [2.75, 3.05) is 33.2 Å². The molecule has 4 rings (SSSR count). The molecular weight excluding hydrogens is 386 g/mol. The minimum absolute atomic E-state index is 0.0653. The highest BCUT2D eigenvalue weighted by atomic mass is 32.2. The van der Waals surface area contributed by atoms with Crippen molar-refractivity contribution in [1.29, 1.82) is 0 Å². The van der Waals surface area contributed by atoms with E-state index in [-0.39, 0.29) is 15.8 Å². The molecule has 1 unspecified atom stereocenters. The van der Waals surface area contributed by atoms with E-state index in [2.05, 4.69) is 9.62 Å². The molecule has 9 heteroatoms. The SMILES string of the molecule is CN1CCN(S(=O)(=O)c2ccc3c(c2)S(=O)(=O)NC(C2CCCC2)C3)CC1. The van der Waals surface area contributed by atoms with Gasteiger partial charge in [0.1, 0.15) is 0 Å². The van der Waals surface area contributed by atoms with Crippen LogP contribution in [0.2, 0.25) is 0 Å². The summed E-state index contributed by atoms with van der Waals surface area (Å²) in [4.78, 5) is 2.26. The average molecular weight is 414 g/mol. The molecule has 0 aromatic heterocycles. The molecule has 7 nitrogen and oxygen atoms in total. The Morgan fingerprint density at radius 2 is 1.74 bits per heavy atom. The maximum atomic E-state index is 13.0. The third-order valence-electron chi connectivity index (χ3n) is 6.14. The zero-order valence-electron chi connectivity index (χ0n) is 15.6. The van der Waals surface area contributed by atoms with E-state index in [4.69, 9.17) is 0 Å². The molecule has 27 heavy (non-hydrogen) atoms. The molecule has 150 valence electrons. The van der Waals surface area contributed by atoms with Gasteiger partial charge in [-0.3, -0.25) is 0 Å². The number of hydrogen-bond donors (Lipinski definition) is 1. The fraction of sp³-hybridized carbons (Fsp3) is 0.667. The van der Waals surface area contributed by atoms with Crippen LogP contribution >= 0.6 is 0 Å². The van der Waals surface area contributed by atoms with Crippen molar-refractivity contribution >= 4 is 20.0 Å². The summed E-state index contributed by atoms with van der Waals surface area (Å²) in [7, 11) is -5.42. The summed E-state index contributed by atoms with van der Waals surface area (Å²) < 4.78 is 55.8. The van der Waals surface area contributed by atoms with Gasteiger partial charge in [-0.05, 0) is 49.9 Å². The predicted molar refractivity (Wildman–Crippen MR) is 102 cm³/mol. The summed E-state index contributed by atoms with van der Waals surface area (Å²) in [6.07, 6.45) is 5.04. The van der Waals surface area contributed by atoms with Crippen LogP contribution in [0.25, 0.3) is 0 Å². The summed E-state index contributed by atoms with van der Waals surface area (Å²) in [5.41, 5.74) is 0.725. The van der Waals surface area contributed by atoms with Crippen molar-refractivity contribution in [3.8, 4) is 0 Å². The number of hydrogen-bond acceptors (Lipinski definition) is 5. The number of fused-ring (bicyclic) bond motifs is 1. The van der Waals surface area contributed by atoms with Crippen molar-refractivity contribution < 1.29 is 16.8 Å². The van der Waals surface area contributed by atoms with Crippen LogP contribution in [0, 0.1) is 5.92 Å². The molecular formula is C18H27N3O4S2. The monoisotopic (exact) mass is 413 g/mol. The maximum absolute atomic E-state index is 13.0. The highest BCUT2D eigenvalue weighted by Crippen LogP contribution is 2.34. The lowest BCUT2D eigenvalue weighted by molar-refractivity contribution is 0.222. The first-order valence-corrected chi connectivity index (χ1v) is 12.5. The third-order valence-corrected chi connectivity index (χ3v) is 9.61. The van der Waals surface area contributed by atoms with Crippen LogP contribution < -0.4 is 4.72 Å². The minimum Gasteiger partial charge on any atom is -0.304 e. The van der Waals surface area contributed by atoms with Gasteiger partial charge < -0.3 is 4.90 Å². The number of benzene rings is 1. The van der Waals surface area contributed by atoms with Gasteiger partial charge in [-0.25, -0.2) is 21.6 Å². The molecule has 2 fully saturated rings. The highest BCUT2D eigenvalue weighted by Gasteiger charge is 2.36. The van der Waals surface area contributed by atoms with Gasteiger partial charge in [0.05, 0.1) is 9.79 Å². The largest absolute Gasteiger partial charge is 0.304 e. The number of rotatable bonds is 3. The quantitative estimate of drug-likeness (QED) is 0.799. The van der Waals surface area contributed by atoms with E-state index in [9.17, 15) is 16.8 Å². The first-order chi connectivity index (χ1) is 12.8. The molecule has 0 amide bonds. The summed E-state index contributed by atoms with van der Waals surface area (Å²) in [6.45, 7) is 2.19. The van der Waals surface area contributed by atoms with Gasteiger partial charge >= 0.3 is 0 Å². The van der Waals surface area contributed by atoms with Gasteiger partial charge in [-0.1, -0.05) is 18.9 Å². The fourth-order valence-electron chi connectivity index (χ4n) is 4.46. The molecule has 1 atom stereocenters. The Kier molecular flexibility index (Phi) is 5.09. The topological polar surface area (TPSA) is 86.8 Å². The van der Waals surface area contributed by atoms with Gasteiger partial charge in [0.25, 0.3) is 0 Å². The summed E-state index contributed by atoms with van der Waals surface area (Å²) in [5.74, 6) is 0.377. The normalized spacial score (nSPS) is 27.5. The predicted octanol–water partition coefficient (Wildman–Crippen LogP) is 1.02. The first kappa shape index (κ1) is 19.3.